The smallest absolute Gasteiger partial charge is 0.320 e. The lowest BCUT2D eigenvalue weighted by Crippen LogP contribution is -2.47. The van der Waals surface area contributed by atoms with Gasteiger partial charge in [0.1, 0.15) is 6.04 Å². The molecular weight excluding hydrogens is 186 g/mol. The van der Waals surface area contributed by atoms with Gasteiger partial charge in [-0.1, -0.05) is 0 Å². The molecule has 80 valence electrons. The quantitative estimate of drug-likeness (QED) is 0.635. The second kappa shape index (κ2) is 4.41. The molecule has 2 atom stereocenters. The zero-order valence-corrected chi connectivity index (χ0v) is 8.40. The molecule has 0 aliphatic carbocycles. The number of nitrogens with zero attached hydrogens (tertiary/aromatic N) is 1. The SMILES string of the molecule is COC(=O)C1CCC(C(=O)O)N(C)C1. The van der Waals surface area contributed by atoms with Gasteiger partial charge >= 0.3 is 11.9 Å². The summed E-state index contributed by atoms with van der Waals surface area (Å²) in [4.78, 5) is 23.6. The van der Waals surface area contributed by atoms with Gasteiger partial charge in [0.15, 0.2) is 0 Å². The number of aliphatic carboxylic acids is 1. The average Bonchev–Trinajstić information content (AvgIpc) is 2.15. The fraction of sp³-hybridized carbons (Fsp3) is 0.778. The van der Waals surface area contributed by atoms with Crippen molar-refractivity contribution < 1.29 is 19.4 Å². The van der Waals surface area contributed by atoms with E-state index in [2.05, 4.69) is 4.74 Å². The average molecular weight is 201 g/mol. The van der Waals surface area contributed by atoms with Crippen LogP contribution in [0.25, 0.3) is 0 Å². The first-order chi connectivity index (χ1) is 6.56. The number of carbonyl (C=O) groups excluding carboxylic acids is 1. The topological polar surface area (TPSA) is 66.8 Å². The van der Waals surface area contributed by atoms with Gasteiger partial charge in [-0.2, -0.15) is 0 Å². The van der Waals surface area contributed by atoms with Crippen LogP contribution in [-0.4, -0.2) is 48.7 Å². The van der Waals surface area contributed by atoms with E-state index in [0.717, 1.165) is 0 Å². The number of likely N-dealkylation sites (tertiary alicyclic amines) is 1. The summed E-state index contributed by atoms with van der Waals surface area (Å²) in [5.74, 6) is -1.25. The lowest BCUT2D eigenvalue weighted by molar-refractivity contribution is -0.152. The summed E-state index contributed by atoms with van der Waals surface area (Å²) in [5.41, 5.74) is 0. The number of carbonyl (C=O) groups is 2. The number of esters is 1. The van der Waals surface area contributed by atoms with Gasteiger partial charge in [0.25, 0.3) is 0 Å². The number of hydrogen-bond acceptors (Lipinski definition) is 4. The number of carboxylic acids is 1. The summed E-state index contributed by atoms with van der Waals surface area (Å²) in [6.45, 7) is 0.462. The minimum absolute atomic E-state index is 0.180. The first kappa shape index (κ1) is 11.0. The van der Waals surface area contributed by atoms with Crippen molar-refractivity contribution in [2.75, 3.05) is 20.7 Å². The lowest BCUT2D eigenvalue weighted by Gasteiger charge is -2.33. The van der Waals surface area contributed by atoms with Crippen LogP contribution in [0.4, 0.5) is 0 Å². The third-order valence-electron chi connectivity index (χ3n) is 2.65. The number of methoxy groups -OCH3 is 1. The Hall–Kier alpha value is -1.10. The van der Waals surface area contributed by atoms with Gasteiger partial charge in [0.05, 0.1) is 13.0 Å². The molecule has 14 heavy (non-hydrogen) atoms. The van der Waals surface area contributed by atoms with Crippen LogP contribution in [0.2, 0.25) is 0 Å². The number of hydrogen-bond donors (Lipinski definition) is 1. The van der Waals surface area contributed by atoms with E-state index < -0.39 is 12.0 Å². The molecule has 0 aromatic carbocycles. The molecule has 1 fully saturated rings. The summed E-state index contributed by atoms with van der Waals surface area (Å²) < 4.78 is 4.62. The van der Waals surface area contributed by atoms with Gasteiger partial charge in [-0.15, -0.1) is 0 Å². The van der Waals surface area contributed by atoms with E-state index in [9.17, 15) is 9.59 Å². The summed E-state index contributed by atoms with van der Waals surface area (Å²) >= 11 is 0. The maximum Gasteiger partial charge on any atom is 0.320 e. The monoisotopic (exact) mass is 201 g/mol. The molecule has 5 nitrogen and oxygen atoms in total. The standard InChI is InChI=1S/C9H15NO4/c1-10-5-6(9(13)14-2)3-4-7(10)8(11)12/h6-7H,3-5H2,1-2H3,(H,11,12). The van der Waals surface area contributed by atoms with E-state index in [1.54, 1.807) is 11.9 Å². The molecule has 0 aromatic rings. The highest BCUT2D eigenvalue weighted by Crippen LogP contribution is 2.21. The summed E-state index contributed by atoms with van der Waals surface area (Å²) in [5, 5.41) is 8.83. The summed E-state index contributed by atoms with van der Waals surface area (Å²) in [6, 6.07) is -0.462. The number of ether oxygens (including phenoxy) is 1. The second-order valence-electron chi connectivity index (χ2n) is 3.59. The highest BCUT2D eigenvalue weighted by atomic mass is 16.5. The van der Waals surface area contributed by atoms with Crippen molar-refractivity contribution in [2.24, 2.45) is 5.92 Å². The number of carboxylic acid groups (broad SMARTS) is 1. The molecule has 2 unspecified atom stereocenters. The molecule has 0 amide bonds. The van der Waals surface area contributed by atoms with Gasteiger partial charge in [0.2, 0.25) is 0 Å². The van der Waals surface area contributed by atoms with Crippen molar-refractivity contribution in [1.82, 2.24) is 4.90 Å². The van der Waals surface area contributed by atoms with Gasteiger partial charge in [0, 0.05) is 6.54 Å². The summed E-state index contributed by atoms with van der Waals surface area (Å²) in [6.07, 6.45) is 1.10. The lowest BCUT2D eigenvalue weighted by atomic mass is 9.93. The van der Waals surface area contributed by atoms with Crippen molar-refractivity contribution in [1.29, 1.82) is 0 Å². The molecule has 0 radical (unpaired) electrons. The van der Waals surface area contributed by atoms with Gasteiger partial charge < -0.3 is 9.84 Å². The molecule has 0 bridgehead atoms. The van der Waals surface area contributed by atoms with Crippen molar-refractivity contribution in [3.8, 4) is 0 Å². The van der Waals surface area contributed by atoms with Gasteiger partial charge in [-0.25, -0.2) is 0 Å². The summed E-state index contributed by atoms with van der Waals surface area (Å²) in [7, 11) is 3.07. The van der Waals surface area contributed by atoms with Gasteiger partial charge in [-0.3, -0.25) is 14.5 Å². The third-order valence-corrected chi connectivity index (χ3v) is 2.65. The predicted molar refractivity (Wildman–Crippen MR) is 48.8 cm³/mol. The van der Waals surface area contributed by atoms with E-state index in [-0.39, 0.29) is 11.9 Å². The Kier molecular flexibility index (Phi) is 3.46. The van der Waals surface area contributed by atoms with Crippen LogP contribution in [0.3, 0.4) is 0 Å². The highest BCUT2D eigenvalue weighted by molar-refractivity contribution is 5.76. The van der Waals surface area contributed by atoms with E-state index in [0.29, 0.717) is 19.4 Å². The fourth-order valence-electron chi connectivity index (χ4n) is 1.82. The van der Waals surface area contributed by atoms with Crippen molar-refractivity contribution >= 4 is 11.9 Å². The zero-order valence-electron chi connectivity index (χ0n) is 8.40. The van der Waals surface area contributed by atoms with E-state index in [1.165, 1.54) is 7.11 Å². The molecule has 1 saturated heterocycles. The van der Waals surface area contributed by atoms with Crippen molar-refractivity contribution in [2.45, 2.75) is 18.9 Å². The molecule has 0 saturated carbocycles. The molecule has 0 aromatic heterocycles. The Bertz CT molecular complexity index is 241. The predicted octanol–water partition coefficient (Wildman–Crippen LogP) is -0.0456. The zero-order chi connectivity index (χ0) is 10.7. The van der Waals surface area contributed by atoms with Crippen LogP contribution in [0.15, 0.2) is 0 Å². The second-order valence-corrected chi connectivity index (χ2v) is 3.59. The van der Waals surface area contributed by atoms with Crippen LogP contribution in [0, 0.1) is 5.92 Å². The van der Waals surface area contributed by atoms with Crippen LogP contribution < -0.4 is 0 Å². The fourth-order valence-corrected chi connectivity index (χ4v) is 1.82. The molecule has 5 heteroatoms. The number of piperidine rings is 1. The van der Waals surface area contributed by atoms with Gasteiger partial charge in [-0.05, 0) is 19.9 Å². The van der Waals surface area contributed by atoms with Crippen molar-refractivity contribution in [3.05, 3.63) is 0 Å². The van der Waals surface area contributed by atoms with E-state index >= 15 is 0 Å². The normalized spacial score (nSPS) is 28.4. The molecule has 1 N–H and O–H groups in total. The Morgan fingerprint density at radius 3 is 2.50 bits per heavy atom. The van der Waals surface area contributed by atoms with E-state index in [4.69, 9.17) is 5.11 Å². The van der Waals surface area contributed by atoms with E-state index in [1.807, 2.05) is 0 Å². The number of rotatable bonds is 2. The molecule has 1 rings (SSSR count). The molecule has 1 heterocycles. The largest absolute Gasteiger partial charge is 0.480 e. The first-order valence-electron chi connectivity index (χ1n) is 4.57. The van der Waals surface area contributed by atoms with Crippen LogP contribution in [0.5, 0.6) is 0 Å². The van der Waals surface area contributed by atoms with Crippen LogP contribution in [0.1, 0.15) is 12.8 Å². The number of likely N-dealkylation sites (N-methyl/N-ethyl adjacent to an activating group) is 1. The minimum atomic E-state index is -0.823. The molecular formula is C9H15NO4. The highest BCUT2D eigenvalue weighted by Gasteiger charge is 2.33. The maximum atomic E-state index is 11.2. The Morgan fingerprint density at radius 1 is 1.43 bits per heavy atom. The Labute approximate surface area is 82.6 Å². The van der Waals surface area contributed by atoms with Crippen LogP contribution >= 0.6 is 0 Å². The maximum absolute atomic E-state index is 11.2. The molecule has 1 aliphatic heterocycles. The molecule has 0 spiro atoms. The Morgan fingerprint density at radius 2 is 2.07 bits per heavy atom. The third kappa shape index (κ3) is 2.23. The first-order valence-corrected chi connectivity index (χ1v) is 4.57. The van der Waals surface area contributed by atoms with Crippen LogP contribution in [-0.2, 0) is 14.3 Å². The molecule has 1 aliphatic rings. The van der Waals surface area contributed by atoms with Crippen molar-refractivity contribution in [3.63, 3.8) is 0 Å². The minimum Gasteiger partial charge on any atom is -0.480 e. The Balaban J connectivity index is 2.55.